The van der Waals surface area contributed by atoms with E-state index in [9.17, 15) is 15.3 Å². The lowest BCUT2D eigenvalue weighted by molar-refractivity contribution is 0.136. The summed E-state index contributed by atoms with van der Waals surface area (Å²) in [5, 5.41) is 33.5. The zero-order valence-electron chi connectivity index (χ0n) is 13.7. The minimum Gasteiger partial charge on any atom is -0.497 e. The second-order valence-electron chi connectivity index (χ2n) is 5.40. The first kappa shape index (κ1) is 17.6. The summed E-state index contributed by atoms with van der Waals surface area (Å²) in [6, 6.07) is 7.14. The van der Waals surface area contributed by atoms with Gasteiger partial charge >= 0.3 is 0 Å². The standard InChI is InChI=1S/C16H20N4O4S/c1-24-12-4-2-11(3-5-12)13(19(6-8-21)7-9-22)14-15(23)20-16(25-14)17-10-18-20/h2-5,10,13,21-23H,6-9H2,1H3. The minimum absolute atomic E-state index is 0.0131. The van der Waals surface area contributed by atoms with Gasteiger partial charge in [0.05, 0.1) is 31.2 Å². The summed E-state index contributed by atoms with van der Waals surface area (Å²) in [4.78, 5) is 7.28. The lowest BCUT2D eigenvalue weighted by Gasteiger charge is -2.30. The average Bonchev–Trinajstić information content (AvgIpc) is 3.20. The van der Waals surface area contributed by atoms with Crippen LogP contribution in [0.1, 0.15) is 16.5 Å². The minimum atomic E-state index is -0.348. The number of fused-ring (bicyclic) bond motifs is 1. The molecule has 3 aromatic rings. The maximum absolute atomic E-state index is 10.6. The van der Waals surface area contributed by atoms with Gasteiger partial charge in [0, 0.05) is 13.1 Å². The number of benzene rings is 1. The van der Waals surface area contributed by atoms with Crippen LogP contribution in [0.4, 0.5) is 0 Å². The molecule has 9 heteroatoms. The van der Waals surface area contributed by atoms with Crippen LogP contribution in [0.3, 0.4) is 0 Å². The number of thiazole rings is 1. The molecule has 2 heterocycles. The molecule has 3 N–H and O–H groups in total. The number of aliphatic hydroxyl groups is 2. The highest BCUT2D eigenvalue weighted by atomic mass is 32.1. The molecule has 0 aliphatic carbocycles. The molecule has 0 saturated heterocycles. The normalized spacial score (nSPS) is 12.8. The van der Waals surface area contributed by atoms with E-state index >= 15 is 0 Å². The van der Waals surface area contributed by atoms with Crippen LogP contribution in [-0.2, 0) is 0 Å². The zero-order valence-corrected chi connectivity index (χ0v) is 14.6. The van der Waals surface area contributed by atoms with Crippen molar-refractivity contribution in [2.24, 2.45) is 0 Å². The van der Waals surface area contributed by atoms with Gasteiger partial charge in [-0.25, -0.2) is 4.98 Å². The fourth-order valence-electron chi connectivity index (χ4n) is 2.81. The second kappa shape index (κ2) is 7.79. The highest BCUT2D eigenvalue weighted by Gasteiger charge is 2.28. The van der Waals surface area contributed by atoms with Crippen molar-refractivity contribution in [3.8, 4) is 11.6 Å². The summed E-state index contributed by atoms with van der Waals surface area (Å²) in [6.45, 7) is 0.580. The fourth-order valence-corrected chi connectivity index (χ4v) is 3.90. The first-order chi connectivity index (χ1) is 12.2. The van der Waals surface area contributed by atoms with Gasteiger partial charge in [-0.05, 0) is 17.7 Å². The van der Waals surface area contributed by atoms with E-state index in [0.717, 1.165) is 11.3 Å². The number of rotatable bonds is 8. The van der Waals surface area contributed by atoms with Crippen LogP contribution < -0.4 is 4.74 Å². The van der Waals surface area contributed by atoms with E-state index < -0.39 is 0 Å². The van der Waals surface area contributed by atoms with Gasteiger partial charge in [-0.3, -0.25) is 4.90 Å². The van der Waals surface area contributed by atoms with Gasteiger partial charge in [-0.15, -0.1) is 0 Å². The lowest BCUT2D eigenvalue weighted by Crippen LogP contribution is -2.34. The van der Waals surface area contributed by atoms with Crippen molar-refractivity contribution in [3.63, 3.8) is 0 Å². The molecule has 1 unspecified atom stereocenters. The highest BCUT2D eigenvalue weighted by Crippen LogP contribution is 2.39. The van der Waals surface area contributed by atoms with Crippen molar-refractivity contribution in [1.82, 2.24) is 19.5 Å². The fraction of sp³-hybridized carbons (Fsp3) is 0.375. The highest BCUT2D eigenvalue weighted by molar-refractivity contribution is 7.17. The molecule has 3 rings (SSSR count). The number of aliphatic hydroxyl groups excluding tert-OH is 2. The van der Waals surface area contributed by atoms with Gasteiger partial charge < -0.3 is 20.1 Å². The van der Waals surface area contributed by atoms with E-state index in [4.69, 9.17) is 4.74 Å². The Balaban J connectivity index is 2.09. The molecule has 2 aromatic heterocycles. The summed E-state index contributed by atoms with van der Waals surface area (Å²) in [5.41, 5.74) is 0.905. The van der Waals surface area contributed by atoms with E-state index in [1.54, 1.807) is 7.11 Å². The molecule has 0 aliphatic rings. The molecule has 1 aromatic carbocycles. The van der Waals surface area contributed by atoms with Gasteiger partial charge in [-0.2, -0.15) is 9.61 Å². The topological polar surface area (TPSA) is 103 Å². The van der Waals surface area contributed by atoms with Crippen LogP contribution in [0.2, 0.25) is 0 Å². The van der Waals surface area contributed by atoms with Crippen molar-refractivity contribution >= 4 is 16.3 Å². The maximum atomic E-state index is 10.6. The molecule has 8 nitrogen and oxygen atoms in total. The van der Waals surface area contributed by atoms with Crippen molar-refractivity contribution in [3.05, 3.63) is 41.0 Å². The molecule has 0 aliphatic heterocycles. The molecule has 1 atom stereocenters. The molecule has 25 heavy (non-hydrogen) atoms. The Morgan fingerprint density at radius 3 is 2.44 bits per heavy atom. The lowest BCUT2D eigenvalue weighted by atomic mass is 10.0. The summed E-state index contributed by atoms with van der Waals surface area (Å²) in [7, 11) is 1.60. The summed E-state index contributed by atoms with van der Waals surface area (Å²) >= 11 is 1.33. The largest absolute Gasteiger partial charge is 0.497 e. The molecular formula is C16H20N4O4S. The molecule has 134 valence electrons. The smallest absolute Gasteiger partial charge is 0.230 e. The molecule has 0 bridgehead atoms. The van der Waals surface area contributed by atoms with Crippen LogP contribution in [-0.4, -0.2) is 68.2 Å². The third-order valence-corrected chi connectivity index (χ3v) is 5.04. The second-order valence-corrected chi connectivity index (χ2v) is 6.41. The predicted molar refractivity (Wildman–Crippen MR) is 93.1 cm³/mol. The molecule has 0 spiro atoms. The number of aromatic nitrogens is 3. The average molecular weight is 364 g/mol. The Labute approximate surface area is 148 Å². The van der Waals surface area contributed by atoms with E-state index in [1.165, 1.54) is 22.2 Å². The van der Waals surface area contributed by atoms with Crippen LogP contribution in [0.15, 0.2) is 30.6 Å². The van der Waals surface area contributed by atoms with E-state index in [1.807, 2.05) is 29.2 Å². The summed E-state index contributed by atoms with van der Waals surface area (Å²) in [5.74, 6) is 0.740. The third kappa shape index (κ3) is 3.45. The molecule has 0 amide bonds. The molecular weight excluding hydrogens is 344 g/mol. The molecule has 0 fully saturated rings. The predicted octanol–water partition coefficient (Wildman–Crippen LogP) is 0.881. The van der Waals surface area contributed by atoms with Gasteiger partial charge in [-0.1, -0.05) is 23.5 Å². The van der Waals surface area contributed by atoms with Gasteiger partial charge in [0.25, 0.3) is 0 Å². The molecule has 0 saturated carbocycles. The van der Waals surface area contributed by atoms with Crippen LogP contribution in [0.25, 0.3) is 4.96 Å². The first-order valence-electron chi connectivity index (χ1n) is 7.80. The van der Waals surface area contributed by atoms with Crippen molar-refractivity contribution in [2.45, 2.75) is 6.04 Å². The number of ether oxygens (including phenoxy) is 1. The number of methoxy groups -OCH3 is 1. The summed E-state index contributed by atoms with van der Waals surface area (Å²) < 4.78 is 6.59. The van der Waals surface area contributed by atoms with Crippen LogP contribution in [0, 0.1) is 0 Å². The van der Waals surface area contributed by atoms with E-state index in [2.05, 4.69) is 10.1 Å². The van der Waals surface area contributed by atoms with Gasteiger partial charge in [0.15, 0.2) is 0 Å². The molecule has 0 radical (unpaired) electrons. The Kier molecular flexibility index (Phi) is 5.49. The first-order valence-corrected chi connectivity index (χ1v) is 8.62. The Hall–Kier alpha value is -2.20. The number of nitrogens with zero attached hydrogens (tertiary/aromatic N) is 4. The zero-order chi connectivity index (χ0) is 17.8. The van der Waals surface area contributed by atoms with Crippen molar-refractivity contribution < 1.29 is 20.1 Å². The Morgan fingerprint density at radius 1 is 1.20 bits per heavy atom. The van der Waals surface area contributed by atoms with Gasteiger partial charge in [0.2, 0.25) is 10.8 Å². The van der Waals surface area contributed by atoms with Crippen molar-refractivity contribution in [2.75, 3.05) is 33.4 Å². The maximum Gasteiger partial charge on any atom is 0.230 e. The van der Waals surface area contributed by atoms with E-state index in [-0.39, 0.29) is 25.1 Å². The Morgan fingerprint density at radius 2 is 1.88 bits per heavy atom. The van der Waals surface area contributed by atoms with Gasteiger partial charge in [0.1, 0.15) is 12.1 Å². The van der Waals surface area contributed by atoms with Crippen LogP contribution in [0.5, 0.6) is 11.6 Å². The number of hydrogen-bond acceptors (Lipinski definition) is 8. The van der Waals surface area contributed by atoms with E-state index in [0.29, 0.717) is 22.9 Å². The van der Waals surface area contributed by atoms with Crippen LogP contribution >= 0.6 is 11.3 Å². The third-order valence-electron chi connectivity index (χ3n) is 3.96. The summed E-state index contributed by atoms with van der Waals surface area (Å²) in [6.07, 6.45) is 1.39. The van der Waals surface area contributed by atoms with Crippen molar-refractivity contribution in [1.29, 1.82) is 0 Å². The number of hydrogen-bond donors (Lipinski definition) is 3. The monoisotopic (exact) mass is 364 g/mol. The Bertz CT molecular complexity index is 811. The number of aromatic hydroxyl groups is 1. The SMILES string of the molecule is COc1ccc(C(c2sc3ncnn3c2O)N(CCO)CCO)cc1. The quantitative estimate of drug-likeness (QED) is 0.545.